The minimum Gasteiger partial charge on any atom is -0.486 e. The van der Waals surface area contributed by atoms with E-state index >= 15 is 0 Å². The fourth-order valence-corrected chi connectivity index (χ4v) is 2.38. The zero-order valence-corrected chi connectivity index (χ0v) is 12.0. The molecule has 0 aliphatic rings. The first-order valence-corrected chi connectivity index (χ1v) is 6.78. The van der Waals surface area contributed by atoms with E-state index in [1.807, 2.05) is 32.0 Å². The second-order valence-electron chi connectivity index (χ2n) is 4.60. The molecule has 0 radical (unpaired) electrons. The van der Waals surface area contributed by atoms with Crippen LogP contribution in [0.4, 0.5) is 0 Å². The lowest BCUT2D eigenvalue weighted by Gasteiger charge is -2.11. The molecule has 0 amide bonds. The Labute approximate surface area is 118 Å². The van der Waals surface area contributed by atoms with E-state index in [1.165, 1.54) is 0 Å². The Morgan fingerprint density at radius 1 is 1.32 bits per heavy atom. The highest BCUT2D eigenvalue weighted by atomic mass is 35.5. The van der Waals surface area contributed by atoms with Crippen LogP contribution in [-0.4, -0.2) is 13.2 Å². The normalized spacial score (nSPS) is 10.7. The highest BCUT2D eigenvalue weighted by Crippen LogP contribution is 2.29. The summed E-state index contributed by atoms with van der Waals surface area (Å²) in [5.41, 5.74) is 2.23. The van der Waals surface area contributed by atoms with Crippen LogP contribution in [0.15, 0.2) is 34.9 Å². The quantitative estimate of drug-likeness (QED) is 0.827. The van der Waals surface area contributed by atoms with Crippen molar-refractivity contribution in [1.29, 1.82) is 0 Å². The van der Waals surface area contributed by atoms with E-state index in [9.17, 15) is 0 Å². The summed E-state index contributed by atoms with van der Waals surface area (Å²) in [6.45, 7) is 6.37. The summed E-state index contributed by atoms with van der Waals surface area (Å²) in [5, 5.41) is 2.83. The van der Waals surface area contributed by atoms with Crippen molar-refractivity contribution in [1.82, 2.24) is 0 Å². The number of furan rings is 1. The third-order valence-electron chi connectivity index (χ3n) is 2.87. The molecule has 0 saturated carbocycles. The van der Waals surface area contributed by atoms with Gasteiger partial charge in [-0.2, -0.15) is 0 Å². The number of rotatable bonds is 6. The smallest absolute Gasteiger partial charge is 0.157 e. The largest absolute Gasteiger partial charge is 0.486 e. The van der Waals surface area contributed by atoms with E-state index in [0.717, 1.165) is 35.7 Å². The molecule has 3 nitrogen and oxygen atoms in total. The summed E-state index contributed by atoms with van der Waals surface area (Å²) < 4.78 is 11.0. The molecule has 0 aliphatic heterocycles. The van der Waals surface area contributed by atoms with Crippen molar-refractivity contribution in [3.8, 4) is 5.75 Å². The Balaban J connectivity index is 1.77. The van der Waals surface area contributed by atoms with Crippen molar-refractivity contribution in [2.75, 3.05) is 13.2 Å². The van der Waals surface area contributed by atoms with Crippen LogP contribution in [0.1, 0.15) is 16.9 Å². The number of hydrogen-bond acceptors (Lipinski definition) is 2. The van der Waals surface area contributed by atoms with Gasteiger partial charge in [-0.25, -0.2) is 0 Å². The Morgan fingerprint density at radius 3 is 2.84 bits per heavy atom. The predicted molar refractivity (Wildman–Crippen MR) is 75.6 cm³/mol. The first kappa shape index (κ1) is 14.0. The minimum absolute atomic E-state index is 0.629. The van der Waals surface area contributed by atoms with Crippen LogP contribution in [0.5, 0.6) is 5.75 Å². The highest BCUT2D eigenvalue weighted by molar-refractivity contribution is 6.32. The van der Waals surface area contributed by atoms with E-state index in [4.69, 9.17) is 20.8 Å². The van der Waals surface area contributed by atoms with Gasteiger partial charge in [0, 0.05) is 0 Å². The summed E-state index contributed by atoms with van der Waals surface area (Å²) >= 11 is 6.18. The molecule has 1 aromatic heterocycles. The number of ether oxygens (including phenoxy) is 1. The van der Waals surface area contributed by atoms with Crippen LogP contribution in [0.3, 0.4) is 0 Å². The Kier molecular flexibility index (Phi) is 4.88. The van der Waals surface area contributed by atoms with Crippen molar-refractivity contribution in [3.05, 3.63) is 52.4 Å². The van der Waals surface area contributed by atoms with Gasteiger partial charge in [-0.15, -0.1) is 0 Å². The number of benzene rings is 1. The summed E-state index contributed by atoms with van der Waals surface area (Å²) in [6.07, 6.45) is 1.69. The third-order valence-corrected chi connectivity index (χ3v) is 3.15. The molecular formula is C15H19ClNO2+. The first-order chi connectivity index (χ1) is 9.16. The molecule has 0 fully saturated rings. The molecule has 0 bridgehead atoms. The molecule has 2 N–H and O–H groups in total. The maximum atomic E-state index is 6.18. The van der Waals surface area contributed by atoms with Crippen LogP contribution in [-0.2, 0) is 6.54 Å². The van der Waals surface area contributed by atoms with Crippen molar-refractivity contribution in [2.45, 2.75) is 20.4 Å². The zero-order chi connectivity index (χ0) is 13.7. The van der Waals surface area contributed by atoms with Crippen LogP contribution in [0.2, 0.25) is 5.02 Å². The summed E-state index contributed by atoms with van der Waals surface area (Å²) in [4.78, 5) is 0. The average molecular weight is 281 g/mol. The van der Waals surface area contributed by atoms with Gasteiger partial charge in [-0.3, -0.25) is 0 Å². The topological polar surface area (TPSA) is 39.0 Å². The van der Waals surface area contributed by atoms with Crippen molar-refractivity contribution >= 4 is 11.6 Å². The lowest BCUT2D eigenvalue weighted by Crippen LogP contribution is -2.83. The van der Waals surface area contributed by atoms with Gasteiger partial charge in [0.2, 0.25) is 0 Å². The Hall–Kier alpha value is -1.45. The molecule has 19 heavy (non-hydrogen) atoms. The summed E-state index contributed by atoms with van der Waals surface area (Å²) in [6, 6.07) is 7.87. The molecular weight excluding hydrogens is 262 g/mol. The van der Waals surface area contributed by atoms with Gasteiger partial charge in [-0.05, 0) is 43.2 Å². The molecule has 0 unspecified atom stereocenters. The van der Waals surface area contributed by atoms with E-state index < -0.39 is 0 Å². The molecule has 2 rings (SSSR count). The fourth-order valence-electron chi connectivity index (χ4n) is 2.00. The minimum atomic E-state index is 0.629. The first-order valence-electron chi connectivity index (χ1n) is 6.40. The molecule has 1 aromatic carbocycles. The van der Waals surface area contributed by atoms with Gasteiger partial charge >= 0.3 is 0 Å². The number of halogens is 1. The highest BCUT2D eigenvalue weighted by Gasteiger charge is 2.07. The van der Waals surface area contributed by atoms with E-state index in [-0.39, 0.29) is 0 Å². The monoisotopic (exact) mass is 280 g/mol. The molecule has 4 heteroatoms. The van der Waals surface area contributed by atoms with Crippen molar-refractivity contribution < 1.29 is 14.5 Å². The van der Waals surface area contributed by atoms with Gasteiger partial charge in [0.15, 0.2) is 5.76 Å². The number of quaternary nitrogens is 1. The van der Waals surface area contributed by atoms with Crippen LogP contribution in [0, 0.1) is 13.8 Å². The molecule has 0 atom stereocenters. The number of aryl methyl sites for hydroxylation is 2. The lowest BCUT2D eigenvalue weighted by atomic mass is 10.1. The standard InChI is InChI=1S/C15H18ClNO2/c1-11-8-12(2)15(14(16)9-11)19-7-5-17-10-13-4-3-6-18-13/h3-4,6,8-9,17H,5,7,10H2,1-2H3/p+1. The predicted octanol–water partition coefficient (Wildman–Crippen LogP) is 2.69. The number of nitrogens with two attached hydrogens (primary N) is 1. The van der Waals surface area contributed by atoms with Gasteiger partial charge in [0.25, 0.3) is 0 Å². The van der Waals surface area contributed by atoms with Gasteiger partial charge in [0.1, 0.15) is 25.4 Å². The Morgan fingerprint density at radius 2 is 2.16 bits per heavy atom. The molecule has 0 spiro atoms. The van der Waals surface area contributed by atoms with E-state index in [1.54, 1.807) is 6.26 Å². The Bertz CT molecular complexity index is 500. The van der Waals surface area contributed by atoms with Crippen molar-refractivity contribution in [3.63, 3.8) is 0 Å². The van der Waals surface area contributed by atoms with Crippen molar-refractivity contribution in [2.24, 2.45) is 0 Å². The van der Waals surface area contributed by atoms with Crippen LogP contribution >= 0.6 is 11.6 Å². The fraction of sp³-hybridized carbons (Fsp3) is 0.333. The van der Waals surface area contributed by atoms with Gasteiger partial charge in [-0.1, -0.05) is 17.7 Å². The second kappa shape index (κ2) is 6.64. The summed E-state index contributed by atoms with van der Waals surface area (Å²) in [5.74, 6) is 1.77. The number of hydrogen-bond donors (Lipinski definition) is 1. The zero-order valence-electron chi connectivity index (χ0n) is 11.3. The summed E-state index contributed by atoms with van der Waals surface area (Å²) in [7, 11) is 0. The van der Waals surface area contributed by atoms with E-state index in [0.29, 0.717) is 11.6 Å². The third kappa shape index (κ3) is 4.01. The van der Waals surface area contributed by atoms with Crippen LogP contribution in [0.25, 0.3) is 0 Å². The molecule has 0 aliphatic carbocycles. The molecule has 2 aromatic rings. The van der Waals surface area contributed by atoms with Gasteiger partial charge in [0.05, 0.1) is 11.3 Å². The average Bonchev–Trinajstić information content (AvgIpc) is 2.84. The maximum Gasteiger partial charge on any atom is 0.157 e. The van der Waals surface area contributed by atoms with Gasteiger partial charge < -0.3 is 14.5 Å². The second-order valence-corrected chi connectivity index (χ2v) is 5.01. The molecule has 102 valence electrons. The molecule has 1 heterocycles. The molecule has 0 saturated heterocycles. The maximum absolute atomic E-state index is 6.18. The van der Waals surface area contributed by atoms with Crippen LogP contribution < -0.4 is 10.1 Å². The SMILES string of the molecule is Cc1cc(C)c(OCC[NH2+]Cc2ccco2)c(Cl)c1. The van der Waals surface area contributed by atoms with E-state index in [2.05, 4.69) is 11.4 Å². The lowest BCUT2D eigenvalue weighted by molar-refractivity contribution is -0.672.